The van der Waals surface area contributed by atoms with Gasteiger partial charge in [-0.25, -0.2) is 0 Å². The lowest BCUT2D eigenvalue weighted by atomic mass is 9.93. The molecule has 19 heavy (non-hydrogen) atoms. The molecule has 0 saturated carbocycles. The third-order valence-electron chi connectivity index (χ3n) is 4.36. The summed E-state index contributed by atoms with van der Waals surface area (Å²) in [6.45, 7) is 5.40. The molecule has 2 rings (SSSR count). The lowest BCUT2D eigenvalue weighted by molar-refractivity contribution is 0.0998. The first kappa shape index (κ1) is 14.5. The molecule has 0 amide bonds. The number of aryl methyl sites for hydroxylation is 2. The zero-order chi connectivity index (χ0) is 13.7. The summed E-state index contributed by atoms with van der Waals surface area (Å²) in [5, 5.41) is 3.47. The van der Waals surface area contributed by atoms with E-state index >= 15 is 0 Å². The highest BCUT2D eigenvalue weighted by Gasteiger charge is 2.18. The van der Waals surface area contributed by atoms with Gasteiger partial charge in [0.2, 0.25) is 0 Å². The van der Waals surface area contributed by atoms with E-state index in [1.165, 1.54) is 42.4 Å². The maximum Gasteiger partial charge on any atom is 0.0576 e. The van der Waals surface area contributed by atoms with Gasteiger partial charge in [0.25, 0.3) is 0 Å². The van der Waals surface area contributed by atoms with Gasteiger partial charge in [0.15, 0.2) is 0 Å². The summed E-state index contributed by atoms with van der Waals surface area (Å²) >= 11 is 0. The Morgan fingerprint density at radius 3 is 2.63 bits per heavy atom. The second kappa shape index (κ2) is 7.06. The van der Waals surface area contributed by atoms with Crippen LogP contribution >= 0.6 is 0 Å². The highest BCUT2D eigenvalue weighted by Crippen LogP contribution is 2.21. The van der Waals surface area contributed by atoms with Gasteiger partial charge in [-0.05, 0) is 69.7 Å². The number of nitrogens with one attached hydrogen (secondary N) is 1. The van der Waals surface area contributed by atoms with Crippen molar-refractivity contribution in [3.05, 3.63) is 34.9 Å². The molecule has 2 heteroatoms. The fourth-order valence-electron chi connectivity index (χ4n) is 3.02. The lowest BCUT2D eigenvalue weighted by Crippen LogP contribution is -2.29. The van der Waals surface area contributed by atoms with Crippen LogP contribution in [0.25, 0.3) is 0 Å². The van der Waals surface area contributed by atoms with Gasteiger partial charge in [-0.15, -0.1) is 0 Å². The standard InChI is InChI=1S/C17H27NO/c1-13-6-4-7-14(2)17(13)12-15(18-3)9-10-16-8-5-11-19-16/h4,6-7,15-16,18H,5,8-12H2,1-3H3. The molecule has 0 radical (unpaired) electrons. The van der Waals surface area contributed by atoms with Gasteiger partial charge in [0.05, 0.1) is 6.10 Å². The van der Waals surface area contributed by atoms with Crippen LogP contribution in [0, 0.1) is 13.8 Å². The summed E-state index contributed by atoms with van der Waals surface area (Å²) in [6.07, 6.45) is 6.52. The van der Waals surface area contributed by atoms with E-state index in [0.29, 0.717) is 12.1 Å². The van der Waals surface area contributed by atoms with Gasteiger partial charge in [0.1, 0.15) is 0 Å². The maximum absolute atomic E-state index is 5.72. The SMILES string of the molecule is CNC(CCC1CCCO1)Cc1c(C)cccc1C. The minimum Gasteiger partial charge on any atom is -0.378 e. The minimum absolute atomic E-state index is 0.508. The molecule has 1 aromatic carbocycles. The summed E-state index contributed by atoms with van der Waals surface area (Å²) in [5.74, 6) is 0. The van der Waals surface area contributed by atoms with E-state index < -0.39 is 0 Å². The Hall–Kier alpha value is -0.860. The molecule has 0 aliphatic carbocycles. The number of hydrogen-bond acceptors (Lipinski definition) is 2. The molecule has 0 bridgehead atoms. The first-order chi connectivity index (χ1) is 9.20. The summed E-state index contributed by atoms with van der Waals surface area (Å²) in [7, 11) is 2.08. The quantitative estimate of drug-likeness (QED) is 0.847. The Labute approximate surface area is 117 Å². The average Bonchev–Trinajstić information content (AvgIpc) is 2.91. The largest absolute Gasteiger partial charge is 0.378 e. The van der Waals surface area contributed by atoms with E-state index in [-0.39, 0.29) is 0 Å². The number of benzene rings is 1. The molecular weight excluding hydrogens is 234 g/mol. The molecule has 0 spiro atoms. The van der Waals surface area contributed by atoms with E-state index in [1.807, 2.05) is 0 Å². The highest BCUT2D eigenvalue weighted by molar-refractivity contribution is 5.34. The number of ether oxygens (including phenoxy) is 1. The zero-order valence-corrected chi connectivity index (χ0v) is 12.5. The first-order valence-corrected chi connectivity index (χ1v) is 7.54. The fraction of sp³-hybridized carbons (Fsp3) is 0.647. The summed E-state index contributed by atoms with van der Waals surface area (Å²) < 4.78 is 5.72. The Balaban J connectivity index is 1.90. The van der Waals surface area contributed by atoms with Crippen LogP contribution in [0.15, 0.2) is 18.2 Å². The highest BCUT2D eigenvalue weighted by atomic mass is 16.5. The van der Waals surface area contributed by atoms with E-state index in [9.17, 15) is 0 Å². The van der Waals surface area contributed by atoms with Crippen LogP contribution in [0.3, 0.4) is 0 Å². The smallest absolute Gasteiger partial charge is 0.0576 e. The van der Waals surface area contributed by atoms with Crippen molar-refractivity contribution in [2.45, 2.75) is 58.1 Å². The van der Waals surface area contributed by atoms with Gasteiger partial charge in [-0.3, -0.25) is 0 Å². The minimum atomic E-state index is 0.508. The van der Waals surface area contributed by atoms with Crippen molar-refractivity contribution in [1.29, 1.82) is 0 Å². The van der Waals surface area contributed by atoms with Crippen molar-refractivity contribution >= 4 is 0 Å². The van der Waals surface area contributed by atoms with Crippen molar-refractivity contribution in [2.75, 3.05) is 13.7 Å². The zero-order valence-electron chi connectivity index (χ0n) is 12.5. The molecule has 106 valence electrons. The Morgan fingerprint density at radius 2 is 2.05 bits per heavy atom. The van der Waals surface area contributed by atoms with Crippen LogP contribution in [0.2, 0.25) is 0 Å². The van der Waals surface area contributed by atoms with Crippen molar-refractivity contribution in [2.24, 2.45) is 0 Å². The predicted molar refractivity (Wildman–Crippen MR) is 80.7 cm³/mol. The molecule has 2 atom stereocenters. The molecule has 1 aromatic rings. The third kappa shape index (κ3) is 4.05. The lowest BCUT2D eigenvalue weighted by Gasteiger charge is -2.20. The Bertz CT molecular complexity index is 376. The Morgan fingerprint density at radius 1 is 1.32 bits per heavy atom. The van der Waals surface area contributed by atoms with Gasteiger partial charge in [-0.2, -0.15) is 0 Å². The third-order valence-corrected chi connectivity index (χ3v) is 4.36. The van der Waals surface area contributed by atoms with Gasteiger partial charge in [-0.1, -0.05) is 18.2 Å². The van der Waals surface area contributed by atoms with E-state index in [4.69, 9.17) is 4.74 Å². The van der Waals surface area contributed by atoms with Crippen molar-refractivity contribution in [3.8, 4) is 0 Å². The molecular formula is C17H27NO. The normalized spacial score (nSPS) is 20.7. The van der Waals surface area contributed by atoms with Crippen LogP contribution in [0.1, 0.15) is 42.4 Å². The second-order valence-electron chi connectivity index (χ2n) is 5.77. The molecule has 2 nitrogen and oxygen atoms in total. The van der Waals surface area contributed by atoms with Crippen molar-refractivity contribution in [3.63, 3.8) is 0 Å². The number of likely N-dealkylation sites (N-methyl/N-ethyl adjacent to an activating group) is 1. The monoisotopic (exact) mass is 261 g/mol. The van der Waals surface area contributed by atoms with Crippen LogP contribution < -0.4 is 5.32 Å². The second-order valence-corrected chi connectivity index (χ2v) is 5.77. The van der Waals surface area contributed by atoms with Crippen LogP contribution in [-0.2, 0) is 11.2 Å². The van der Waals surface area contributed by atoms with Gasteiger partial charge >= 0.3 is 0 Å². The van der Waals surface area contributed by atoms with Gasteiger partial charge in [0, 0.05) is 12.6 Å². The van der Waals surface area contributed by atoms with E-state index in [2.05, 4.69) is 44.4 Å². The fourth-order valence-corrected chi connectivity index (χ4v) is 3.02. The van der Waals surface area contributed by atoms with Crippen LogP contribution in [0.4, 0.5) is 0 Å². The van der Waals surface area contributed by atoms with E-state index in [0.717, 1.165) is 13.0 Å². The molecule has 1 saturated heterocycles. The first-order valence-electron chi connectivity index (χ1n) is 7.54. The van der Waals surface area contributed by atoms with Crippen LogP contribution in [0.5, 0.6) is 0 Å². The predicted octanol–water partition coefficient (Wildman–Crippen LogP) is 3.39. The molecule has 0 aromatic heterocycles. The Kier molecular flexibility index (Phi) is 5.41. The topological polar surface area (TPSA) is 21.3 Å². The molecule has 1 fully saturated rings. The molecule has 1 aliphatic rings. The molecule has 1 aliphatic heterocycles. The number of rotatable bonds is 6. The molecule has 1 heterocycles. The summed E-state index contributed by atoms with van der Waals surface area (Å²) in [6, 6.07) is 7.14. The summed E-state index contributed by atoms with van der Waals surface area (Å²) in [5.41, 5.74) is 4.34. The number of hydrogen-bond donors (Lipinski definition) is 1. The molecule has 1 N–H and O–H groups in total. The van der Waals surface area contributed by atoms with Crippen molar-refractivity contribution < 1.29 is 4.74 Å². The van der Waals surface area contributed by atoms with E-state index in [1.54, 1.807) is 0 Å². The van der Waals surface area contributed by atoms with Crippen LogP contribution in [-0.4, -0.2) is 25.8 Å². The average molecular weight is 261 g/mol. The van der Waals surface area contributed by atoms with Gasteiger partial charge < -0.3 is 10.1 Å². The van der Waals surface area contributed by atoms with Crippen molar-refractivity contribution in [1.82, 2.24) is 5.32 Å². The summed E-state index contributed by atoms with van der Waals surface area (Å²) in [4.78, 5) is 0. The maximum atomic E-state index is 5.72. The molecule has 2 unspecified atom stereocenters.